The number of methoxy groups -OCH3 is 1. The minimum Gasteiger partial charge on any atom is -0.505 e. The maximum atomic E-state index is 12.1. The average molecular weight is 545 g/mol. The van der Waals surface area contributed by atoms with Crippen LogP contribution in [-0.2, 0) is 20.2 Å². The summed E-state index contributed by atoms with van der Waals surface area (Å²) >= 11 is 0. The van der Waals surface area contributed by atoms with Crippen molar-refractivity contribution in [3.8, 4) is 11.5 Å². The van der Waals surface area contributed by atoms with Crippen LogP contribution in [-0.4, -0.2) is 38.2 Å². The number of nitrogens with one attached hydrogen (secondary N) is 1. The lowest BCUT2D eigenvalue weighted by Crippen LogP contribution is -2.00. The van der Waals surface area contributed by atoms with Gasteiger partial charge in [-0.3, -0.25) is 9.11 Å². The molecular weight excluding hydrogens is 524 g/mol. The lowest BCUT2D eigenvalue weighted by Gasteiger charge is -2.12. The molecule has 0 spiro atoms. The van der Waals surface area contributed by atoms with Crippen LogP contribution < -0.4 is 15.8 Å². The molecule has 0 radical (unpaired) electrons. The van der Waals surface area contributed by atoms with Crippen LogP contribution in [0.2, 0.25) is 0 Å². The van der Waals surface area contributed by atoms with Crippen molar-refractivity contribution in [1.82, 2.24) is 0 Å². The molecule has 0 saturated carbocycles. The summed E-state index contributed by atoms with van der Waals surface area (Å²) in [4.78, 5) is -0.996. The van der Waals surface area contributed by atoms with Crippen molar-refractivity contribution >= 4 is 59.4 Å². The SMILES string of the molecule is COc1ccc(N)cc1N=Nc1c(S(=O)(=O)O)cc2ccc(Nc3cccc(S(=O)(=O)O)c3)cc2c1O. The van der Waals surface area contributed by atoms with Gasteiger partial charge in [0.1, 0.15) is 22.0 Å². The Bertz CT molecular complexity index is 1770. The number of phenolic OH excluding ortho intramolecular Hbond substituents is 1. The van der Waals surface area contributed by atoms with Crippen LogP contribution in [0.15, 0.2) is 86.7 Å². The number of aromatic hydroxyl groups is 1. The largest absolute Gasteiger partial charge is 0.505 e. The molecule has 0 atom stereocenters. The molecule has 0 amide bonds. The van der Waals surface area contributed by atoms with Crippen molar-refractivity contribution in [2.75, 3.05) is 18.2 Å². The third kappa shape index (κ3) is 5.62. The van der Waals surface area contributed by atoms with Gasteiger partial charge in [0, 0.05) is 22.4 Å². The number of rotatable bonds is 7. The summed E-state index contributed by atoms with van der Waals surface area (Å²) in [6.07, 6.45) is 0. The van der Waals surface area contributed by atoms with E-state index in [0.29, 0.717) is 17.1 Å². The second kappa shape index (κ2) is 9.67. The molecule has 14 heteroatoms. The molecule has 0 unspecified atom stereocenters. The zero-order valence-electron chi connectivity index (χ0n) is 19.0. The van der Waals surface area contributed by atoms with Crippen molar-refractivity contribution in [2.45, 2.75) is 9.79 Å². The number of nitrogens with zero attached hydrogens (tertiary/aromatic N) is 2. The topological polar surface area (TPSA) is 201 Å². The predicted octanol–water partition coefficient (Wildman–Crippen LogP) is 4.79. The average Bonchev–Trinajstić information content (AvgIpc) is 2.83. The minimum absolute atomic E-state index is 0.150. The zero-order chi connectivity index (χ0) is 27.0. The van der Waals surface area contributed by atoms with Crippen LogP contribution in [0.3, 0.4) is 0 Å². The molecule has 0 fully saturated rings. The van der Waals surface area contributed by atoms with Gasteiger partial charge in [0.2, 0.25) is 0 Å². The molecule has 37 heavy (non-hydrogen) atoms. The summed E-state index contributed by atoms with van der Waals surface area (Å²) in [5, 5.41) is 22.2. The highest BCUT2D eigenvalue weighted by atomic mass is 32.2. The van der Waals surface area contributed by atoms with Crippen molar-refractivity contribution < 1.29 is 35.8 Å². The summed E-state index contributed by atoms with van der Waals surface area (Å²) in [6, 6.07) is 15.5. The first-order chi connectivity index (χ1) is 17.4. The minimum atomic E-state index is -4.82. The number of anilines is 3. The molecule has 0 aliphatic rings. The van der Waals surface area contributed by atoms with E-state index in [2.05, 4.69) is 15.5 Å². The van der Waals surface area contributed by atoms with E-state index in [9.17, 15) is 31.0 Å². The number of benzene rings is 4. The number of nitrogen functional groups attached to an aromatic ring is 1. The Labute approximate surface area is 211 Å². The van der Waals surface area contributed by atoms with Gasteiger partial charge in [0.25, 0.3) is 20.2 Å². The van der Waals surface area contributed by atoms with Gasteiger partial charge >= 0.3 is 0 Å². The molecule has 4 aromatic carbocycles. The standard InChI is InChI=1S/C23H20N4O8S2/c1-35-20-8-6-14(24)10-19(20)26-27-22-21(37(32,33)34)9-13-5-7-16(12-18(13)23(22)28)25-15-3-2-4-17(11-15)36(29,30)31/h2-12,25,28H,24H2,1H3,(H,29,30,31)(H,32,33,34). The molecule has 192 valence electrons. The molecule has 0 bridgehead atoms. The Balaban J connectivity index is 1.83. The summed E-state index contributed by atoms with van der Waals surface area (Å²) in [5.74, 6) is -0.308. The fourth-order valence-corrected chi connectivity index (χ4v) is 4.69. The van der Waals surface area contributed by atoms with Gasteiger partial charge in [-0.25, -0.2) is 0 Å². The normalized spacial score (nSPS) is 12.2. The smallest absolute Gasteiger partial charge is 0.296 e. The van der Waals surface area contributed by atoms with Gasteiger partial charge < -0.3 is 20.9 Å². The van der Waals surface area contributed by atoms with Crippen molar-refractivity contribution in [2.24, 2.45) is 10.2 Å². The lowest BCUT2D eigenvalue weighted by atomic mass is 10.1. The predicted molar refractivity (Wildman–Crippen MR) is 137 cm³/mol. The molecule has 4 aromatic rings. The number of fused-ring (bicyclic) bond motifs is 1. The second-order valence-electron chi connectivity index (χ2n) is 7.74. The molecule has 4 rings (SSSR count). The van der Waals surface area contributed by atoms with Crippen LogP contribution in [0.5, 0.6) is 11.5 Å². The zero-order valence-corrected chi connectivity index (χ0v) is 20.7. The number of nitrogens with two attached hydrogens (primary N) is 1. The third-order valence-corrected chi connectivity index (χ3v) is 6.93. The second-order valence-corrected chi connectivity index (χ2v) is 10.6. The van der Waals surface area contributed by atoms with Crippen molar-refractivity contribution in [1.29, 1.82) is 0 Å². The van der Waals surface area contributed by atoms with Crippen LogP contribution in [0.4, 0.5) is 28.4 Å². The van der Waals surface area contributed by atoms with E-state index in [4.69, 9.17) is 10.5 Å². The van der Waals surface area contributed by atoms with E-state index in [1.807, 2.05) is 0 Å². The van der Waals surface area contributed by atoms with E-state index in [0.717, 1.165) is 6.07 Å². The third-order valence-electron chi connectivity index (χ3n) is 5.21. The summed E-state index contributed by atoms with van der Waals surface area (Å²) in [7, 11) is -7.85. The molecule has 0 aliphatic heterocycles. The Morgan fingerprint density at radius 2 is 1.59 bits per heavy atom. The highest BCUT2D eigenvalue weighted by molar-refractivity contribution is 7.86. The number of hydrogen-bond donors (Lipinski definition) is 5. The first kappa shape index (κ1) is 25.8. The molecule has 6 N–H and O–H groups in total. The Kier molecular flexibility index (Phi) is 6.75. The van der Waals surface area contributed by atoms with E-state index < -0.39 is 36.6 Å². The fourth-order valence-electron chi connectivity index (χ4n) is 3.50. The first-order valence-corrected chi connectivity index (χ1v) is 13.2. The number of phenols is 1. The Morgan fingerprint density at radius 1 is 0.865 bits per heavy atom. The van der Waals surface area contributed by atoms with Crippen LogP contribution in [0, 0.1) is 0 Å². The first-order valence-electron chi connectivity index (χ1n) is 10.3. The van der Waals surface area contributed by atoms with Gasteiger partial charge in [-0.05, 0) is 60.0 Å². The van der Waals surface area contributed by atoms with Gasteiger partial charge in [-0.1, -0.05) is 12.1 Å². The van der Waals surface area contributed by atoms with Crippen molar-refractivity contribution in [3.05, 3.63) is 66.7 Å². The van der Waals surface area contributed by atoms with Gasteiger partial charge in [0.15, 0.2) is 5.75 Å². The number of azo groups is 1. The summed E-state index contributed by atoms with van der Waals surface area (Å²) in [6.45, 7) is 0. The monoisotopic (exact) mass is 544 g/mol. The van der Waals surface area contributed by atoms with Gasteiger partial charge in [0.05, 0.1) is 12.0 Å². The van der Waals surface area contributed by atoms with E-state index >= 15 is 0 Å². The maximum absolute atomic E-state index is 12.1. The quantitative estimate of drug-likeness (QED) is 0.122. The molecule has 12 nitrogen and oxygen atoms in total. The van der Waals surface area contributed by atoms with Gasteiger partial charge in [-0.15, -0.1) is 10.2 Å². The van der Waals surface area contributed by atoms with Crippen molar-refractivity contribution in [3.63, 3.8) is 0 Å². The Morgan fingerprint density at radius 3 is 2.27 bits per heavy atom. The van der Waals surface area contributed by atoms with E-state index in [-0.39, 0.29) is 27.1 Å². The van der Waals surface area contributed by atoms with Crippen LogP contribution >= 0.6 is 0 Å². The van der Waals surface area contributed by atoms with E-state index in [1.165, 1.54) is 55.6 Å². The summed E-state index contributed by atoms with van der Waals surface area (Å²) in [5.41, 5.74) is 6.43. The van der Waals surface area contributed by atoms with Gasteiger partial charge in [-0.2, -0.15) is 16.8 Å². The lowest BCUT2D eigenvalue weighted by molar-refractivity contribution is 0.416. The molecule has 0 saturated heterocycles. The highest BCUT2D eigenvalue weighted by Gasteiger charge is 2.22. The summed E-state index contributed by atoms with van der Waals surface area (Å²) < 4.78 is 71.2. The molecule has 0 heterocycles. The highest BCUT2D eigenvalue weighted by Crippen LogP contribution is 2.43. The molecular formula is C23H20N4O8S2. The maximum Gasteiger partial charge on any atom is 0.296 e. The van der Waals surface area contributed by atoms with E-state index in [1.54, 1.807) is 12.1 Å². The molecule has 0 aliphatic carbocycles. The number of hydrogen-bond acceptors (Lipinski definition) is 10. The Hall–Kier alpha value is -4.24. The fraction of sp³-hybridized carbons (Fsp3) is 0.0435. The number of ether oxygens (including phenoxy) is 1. The van der Waals surface area contributed by atoms with Crippen LogP contribution in [0.25, 0.3) is 10.8 Å². The van der Waals surface area contributed by atoms with Crippen LogP contribution in [0.1, 0.15) is 0 Å². The molecule has 0 aromatic heterocycles.